The van der Waals surface area contributed by atoms with Crippen LogP contribution in [-0.4, -0.2) is 17.8 Å². The van der Waals surface area contributed by atoms with Gasteiger partial charge in [0.1, 0.15) is 0 Å². The SMILES string of the molecule is CC1(C(=O)NCC2CCCCC2CBr)CCCC1. The van der Waals surface area contributed by atoms with Crippen LogP contribution in [0.15, 0.2) is 0 Å². The Labute approximate surface area is 119 Å². The predicted molar refractivity (Wildman–Crippen MR) is 78.8 cm³/mol. The molecular weight excluding hydrogens is 290 g/mol. The second kappa shape index (κ2) is 6.40. The lowest BCUT2D eigenvalue weighted by Gasteiger charge is -2.32. The molecule has 3 heteroatoms. The second-order valence-electron chi connectivity index (χ2n) is 6.44. The van der Waals surface area contributed by atoms with E-state index in [4.69, 9.17) is 0 Å². The Morgan fingerprint density at radius 3 is 2.39 bits per heavy atom. The summed E-state index contributed by atoms with van der Waals surface area (Å²) in [5, 5.41) is 4.33. The maximum absolute atomic E-state index is 12.3. The Morgan fingerprint density at radius 2 is 1.78 bits per heavy atom. The van der Waals surface area contributed by atoms with Gasteiger partial charge in [0, 0.05) is 17.3 Å². The predicted octanol–water partition coefficient (Wildman–Crippen LogP) is 3.88. The molecule has 0 bridgehead atoms. The van der Waals surface area contributed by atoms with Crippen molar-refractivity contribution in [2.75, 3.05) is 11.9 Å². The molecule has 0 spiro atoms. The van der Waals surface area contributed by atoms with Crippen LogP contribution in [0, 0.1) is 17.3 Å². The highest BCUT2D eigenvalue weighted by Crippen LogP contribution is 2.38. The van der Waals surface area contributed by atoms with Crippen molar-refractivity contribution < 1.29 is 4.79 Å². The van der Waals surface area contributed by atoms with E-state index in [1.807, 2.05) is 0 Å². The van der Waals surface area contributed by atoms with Crippen LogP contribution in [-0.2, 0) is 4.79 Å². The fraction of sp³-hybridized carbons (Fsp3) is 0.933. The van der Waals surface area contributed by atoms with Gasteiger partial charge in [-0.3, -0.25) is 4.79 Å². The molecule has 0 aromatic heterocycles. The molecule has 0 saturated heterocycles. The van der Waals surface area contributed by atoms with Crippen molar-refractivity contribution in [3.05, 3.63) is 0 Å². The summed E-state index contributed by atoms with van der Waals surface area (Å²) in [6.45, 7) is 3.03. The zero-order valence-electron chi connectivity index (χ0n) is 11.5. The molecule has 0 radical (unpaired) electrons. The van der Waals surface area contributed by atoms with Crippen molar-refractivity contribution >= 4 is 21.8 Å². The van der Waals surface area contributed by atoms with Crippen LogP contribution in [0.2, 0.25) is 0 Å². The molecule has 2 saturated carbocycles. The van der Waals surface area contributed by atoms with Gasteiger partial charge < -0.3 is 5.32 Å². The minimum absolute atomic E-state index is 0.0709. The number of carbonyl (C=O) groups is 1. The van der Waals surface area contributed by atoms with Crippen molar-refractivity contribution in [3.8, 4) is 0 Å². The average molecular weight is 316 g/mol. The van der Waals surface area contributed by atoms with Gasteiger partial charge in [-0.2, -0.15) is 0 Å². The number of rotatable bonds is 4. The summed E-state index contributed by atoms with van der Waals surface area (Å²) < 4.78 is 0. The second-order valence-corrected chi connectivity index (χ2v) is 7.08. The Balaban J connectivity index is 1.81. The van der Waals surface area contributed by atoms with Crippen molar-refractivity contribution in [2.45, 2.75) is 58.3 Å². The van der Waals surface area contributed by atoms with Gasteiger partial charge in [-0.25, -0.2) is 0 Å². The number of alkyl halides is 1. The Hall–Kier alpha value is -0.0500. The van der Waals surface area contributed by atoms with Gasteiger partial charge in [0.25, 0.3) is 0 Å². The van der Waals surface area contributed by atoms with Gasteiger partial charge in [0.05, 0.1) is 0 Å². The van der Waals surface area contributed by atoms with E-state index < -0.39 is 0 Å². The maximum Gasteiger partial charge on any atom is 0.225 e. The topological polar surface area (TPSA) is 29.1 Å². The lowest BCUT2D eigenvalue weighted by molar-refractivity contribution is -0.130. The van der Waals surface area contributed by atoms with Crippen molar-refractivity contribution in [2.24, 2.45) is 17.3 Å². The lowest BCUT2D eigenvalue weighted by Crippen LogP contribution is -2.41. The summed E-state index contributed by atoms with van der Waals surface area (Å²) in [7, 11) is 0. The van der Waals surface area contributed by atoms with E-state index >= 15 is 0 Å². The van der Waals surface area contributed by atoms with Gasteiger partial charge in [-0.05, 0) is 37.5 Å². The van der Waals surface area contributed by atoms with Crippen LogP contribution in [0.25, 0.3) is 0 Å². The van der Waals surface area contributed by atoms with Crippen molar-refractivity contribution in [3.63, 3.8) is 0 Å². The molecule has 0 aromatic carbocycles. The third kappa shape index (κ3) is 3.28. The van der Waals surface area contributed by atoms with Gasteiger partial charge in [0.15, 0.2) is 0 Å². The summed E-state index contributed by atoms with van der Waals surface area (Å²) in [6.07, 6.45) is 9.89. The third-order valence-electron chi connectivity index (χ3n) is 5.04. The third-order valence-corrected chi connectivity index (χ3v) is 5.88. The minimum Gasteiger partial charge on any atom is -0.355 e. The Bertz CT molecular complexity index is 286. The summed E-state index contributed by atoms with van der Waals surface area (Å²) in [4.78, 5) is 12.3. The number of halogens is 1. The first kappa shape index (κ1) is 14.4. The highest BCUT2D eigenvalue weighted by atomic mass is 79.9. The van der Waals surface area contributed by atoms with Crippen LogP contribution in [0.5, 0.6) is 0 Å². The lowest BCUT2D eigenvalue weighted by atomic mass is 9.80. The fourth-order valence-corrected chi connectivity index (χ4v) is 4.43. The zero-order valence-corrected chi connectivity index (χ0v) is 13.1. The first-order valence-corrected chi connectivity index (χ1v) is 8.62. The molecule has 0 aromatic rings. The first-order chi connectivity index (χ1) is 8.65. The molecule has 0 aliphatic heterocycles. The molecule has 2 aliphatic carbocycles. The van der Waals surface area contributed by atoms with Crippen LogP contribution in [0.1, 0.15) is 58.3 Å². The molecule has 2 nitrogen and oxygen atoms in total. The minimum atomic E-state index is -0.0709. The van der Waals surface area contributed by atoms with Gasteiger partial charge >= 0.3 is 0 Å². The monoisotopic (exact) mass is 315 g/mol. The molecule has 2 unspecified atom stereocenters. The number of nitrogens with one attached hydrogen (secondary N) is 1. The summed E-state index contributed by atoms with van der Waals surface area (Å²) in [5.74, 6) is 1.75. The van der Waals surface area contributed by atoms with E-state index in [9.17, 15) is 4.79 Å². The largest absolute Gasteiger partial charge is 0.355 e. The maximum atomic E-state index is 12.3. The van der Waals surface area contributed by atoms with E-state index in [2.05, 4.69) is 28.2 Å². The molecule has 18 heavy (non-hydrogen) atoms. The highest BCUT2D eigenvalue weighted by molar-refractivity contribution is 9.09. The molecule has 2 atom stereocenters. The van der Waals surface area contributed by atoms with Crippen LogP contribution >= 0.6 is 15.9 Å². The molecule has 1 amide bonds. The van der Waals surface area contributed by atoms with E-state index in [1.54, 1.807) is 0 Å². The van der Waals surface area contributed by atoms with E-state index in [1.165, 1.54) is 38.5 Å². The zero-order chi connectivity index (χ0) is 13.0. The Kier molecular flexibility index (Phi) is 5.11. The molecule has 2 rings (SSSR count). The summed E-state index contributed by atoms with van der Waals surface area (Å²) in [5.41, 5.74) is -0.0709. The number of carbonyl (C=O) groups excluding carboxylic acids is 1. The number of amides is 1. The van der Waals surface area contributed by atoms with Gasteiger partial charge in [0.2, 0.25) is 5.91 Å². The molecule has 2 fully saturated rings. The highest BCUT2D eigenvalue weighted by Gasteiger charge is 2.36. The standard InChI is InChI=1S/C15H26BrNO/c1-15(8-4-5-9-15)14(18)17-11-13-7-3-2-6-12(13)10-16/h12-13H,2-11H2,1H3,(H,17,18). The molecule has 0 heterocycles. The van der Waals surface area contributed by atoms with E-state index in [0.717, 1.165) is 30.6 Å². The Morgan fingerprint density at radius 1 is 1.17 bits per heavy atom. The molecular formula is C15H26BrNO. The fourth-order valence-electron chi connectivity index (χ4n) is 3.58. The molecule has 104 valence electrons. The summed E-state index contributed by atoms with van der Waals surface area (Å²) >= 11 is 3.62. The van der Waals surface area contributed by atoms with Crippen LogP contribution in [0.3, 0.4) is 0 Å². The first-order valence-electron chi connectivity index (χ1n) is 7.50. The normalized spacial score (nSPS) is 31.2. The molecule has 2 aliphatic rings. The van der Waals surface area contributed by atoms with E-state index in [-0.39, 0.29) is 5.41 Å². The average Bonchev–Trinajstić information content (AvgIpc) is 2.84. The van der Waals surface area contributed by atoms with Crippen LogP contribution in [0.4, 0.5) is 0 Å². The molecule has 1 N–H and O–H groups in total. The number of hydrogen-bond donors (Lipinski definition) is 1. The van der Waals surface area contributed by atoms with Crippen LogP contribution < -0.4 is 5.32 Å². The smallest absolute Gasteiger partial charge is 0.225 e. The van der Waals surface area contributed by atoms with Gasteiger partial charge in [-0.1, -0.05) is 48.5 Å². The van der Waals surface area contributed by atoms with Crippen molar-refractivity contribution in [1.82, 2.24) is 5.32 Å². The quantitative estimate of drug-likeness (QED) is 0.784. The van der Waals surface area contributed by atoms with E-state index in [0.29, 0.717) is 11.8 Å². The van der Waals surface area contributed by atoms with Crippen molar-refractivity contribution in [1.29, 1.82) is 0 Å². The summed E-state index contributed by atoms with van der Waals surface area (Å²) in [6, 6.07) is 0. The van der Waals surface area contributed by atoms with Gasteiger partial charge in [-0.15, -0.1) is 0 Å². The number of hydrogen-bond acceptors (Lipinski definition) is 1.